The Hall–Kier alpha value is -2.02. The highest BCUT2D eigenvalue weighted by atomic mass is 32.2. The molecule has 1 unspecified atom stereocenters. The summed E-state index contributed by atoms with van der Waals surface area (Å²) < 4.78 is 27.6. The minimum absolute atomic E-state index is 0.0165. The van der Waals surface area contributed by atoms with E-state index in [2.05, 4.69) is 10.6 Å². The van der Waals surface area contributed by atoms with E-state index in [0.29, 0.717) is 6.42 Å². The van der Waals surface area contributed by atoms with Gasteiger partial charge in [-0.1, -0.05) is 12.1 Å². The molecule has 2 amide bonds. The number of urea groups is 1. The van der Waals surface area contributed by atoms with Crippen LogP contribution in [0.3, 0.4) is 0 Å². The Morgan fingerprint density at radius 3 is 2.62 bits per heavy atom. The van der Waals surface area contributed by atoms with Crippen LogP contribution in [0, 0.1) is 0 Å². The fourth-order valence-electron chi connectivity index (χ4n) is 2.06. The van der Waals surface area contributed by atoms with Crippen molar-refractivity contribution in [1.82, 2.24) is 10.6 Å². The zero-order chi connectivity index (χ0) is 15.3. The van der Waals surface area contributed by atoms with Crippen molar-refractivity contribution < 1.29 is 17.9 Å². The number of methoxy groups -OCH3 is 1. The molecule has 1 atom stereocenters. The van der Waals surface area contributed by atoms with Crippen LogP contribution >= 0.6 is 0 Å². The number of benzene rings is 1. The van der Waals surface area contributed by atoms with E-state index in [1.807, 2.05) is 24.3 Å². The van der Waals surface area contributed by atoms with Gasteiger partial charge in [-0.05, 0) is 30.2 Å². The summed E-state index contributed by atoms with van der Waals surface area (Å²) in [6, 6.07) is 6.66. The summed E-state index contributed by atoms with van der Waals surface area (Å²) in [5, 5.41) is 5.20. The summed E-state index contributed by atoms with van der Waals surface area (Å²) >= 11 is 0. The van der Waals surface area contributed by atoms with Crippen molar-refractivity contribution in [2.75, 3.05) is 18.6 Å². The van der Waals surface area contributed by atoms with E-state index in [0.717, 1.165) is 11.3 Å². The van der Waals surface area contributed by atoms with E-state index in [-0.39, 0.29) is 17.5 Å². The van der Waals surface area contributed by atoms with Crippen LogP contribution in [0.25, 0.3) is 6.08 Å². The van der Waals surface area contributed by atoms with E-state index >= 15 is 0 Å². The molecule has 0 spiro atoms. The summed E-state index contributed by atoms with van der Waals surface area (Å²) in [7, 11) is -1.39. The van der Waals surface area contributed by atoms with E-state index < -0.39 is 15.9 Å². The topological polar surface area (TPSA) is 84.5 Å². The first kappa shape index (κ1) is 15.4. The lowest BCUT2D eigenvalue weighted by Gasteiger charge is -2.09. The number of hydrogen-bond acceptors (Lipinski definition) is 4. The molecule has 1 aliphatic rings. The van der Waals surface area contributed by atoms with Gasteiger partial charge in [-0.25, -0.2) is 13.2 Å². The molecule has 1 fully saturated rings. The number of rotatable bonds is 4. The molecule has 114 valence electrons. The first-order chi connectivity index (χ1) is 9.98. The summed E-state index contributed by atoms with van der Waals surface area (Å²) in [6.07, 6.45) is 3.73. The number of sulfone groups is 1. The molecule has 1 aromatic carbocycles. The van der Waals surface area contributed by atoms with E-state index in [9.17, 15) is 13.2 Å². The Labute approximate surface area is 124 Å². The van der Waals surface area contributed by atoms with Gasteiger partial charge in [-0.15, -0.1) is 0 Å². The SMILES string of the molecule is COc1ccc(/C=C/NC(=O)NC2CCS(=O)(=O)C2)cc1. The minimum Gasteiger partial charge on any atom is -0.497 e. The first-order valence-corrected chi connectivity index (χ1v) is 8.39. The van der Waals surface area contributed by atoms with Crippen LogP contribution in [0.15, 0.2) is 30.5 Å². The van der Waals surface area contributed by atoms with Crippen molar-refractivity contribution >= 4 is 21.9 Å². The van der Waals surface area contributed by atoms with E-state index in [4.69, 9.17) is 4.74 Å². The number of ether oxygens (including phenoxy) is 1. The molecule has 21 heavy (non-hydrogen) atoms. The summed E-state index contributed by atoms with van der Waals surface area (Å²) in [5.41, 5.74) is 0.916. The van der Waals surface area contributed by atoms with Gasteiger partial charge in [0.2, 0.25) is 0 Å². The molecule has 1 aliphatic heterocycles. The van der Waals surface area contributed by atoms with Crippen LogP contribution in [0.1, 0.15) is 12.0 Å². The number of carbonyl (C=O) groups excluding carboxylic acids is 1. The van der Waals surface area contributed by atoms with Crippen LogP contribution in [0.5, 0.6) is 5.75 Å². The van der Waals surface area contributed by atoms with Crippen molar-refractivity contribution in [2.24, 2.45) is 0 Å². The highest BCUT2D eigenvalue weighted by Crippen LogP contribution is 2.12. The van der Waals surface area contributed by atoms with Gasteiger partial charge in [-0.3, -0.25) is 0 Å². The molecular weight excluding hydrogens is 292 g/mol. The fraction of sp³-hybridized carbons (Fsp3) is 0.357. The minimum atomic E-state index is -2.98. The van der Waals surface area contributed by atoms with Crippen LogP contribution in [0.2, 0.25) is 0 Å². The van der Waals surface area contributed by atoms with Crippen LogP contribution in [-0.2, 0) is 9.84 Å². The number of carbonyl (C=O) groups is 1. The predicted molar refractivity (Wildman–Crippen MR) is 80.8 cm³/mol. The second-order valence-corrected chi connectivity index (χ2v) is 7.05. The van der Waals surface area contributed by atoms with Gasteiger partial charge in [-0.2, -0.15) is 0 Å². The molecule has 0 aromatic heterocycles. The summed E-state index contributed by atoms with van der Waals surface area (Å²) in [5.74, 6) is 0.919. The summed E-state index contributed by atoms with van der Waals surface area (Å²) in [4.78, 5) is 11.6. The number of nitrogens with one attached hydrogen (secondary N) is 2. The maximum absolute atomic E-state index is 11.6. The zero-order valence-electron chi connectivity index (χ0n) is 11.7. The van der Waals surface area contributed by atoms with E-state index in [1.54, 1.807) is 13.2 Å². The predicted octanol–water partition coefficient (Wildman–Crippen LogP) is 1.15. The van der Waals surface area contributed by atoms with Gasteiger partial charge in [0, 0.05) is 12.2 Å². The smallest absolute Gasteiger partial charge is 0.319 e. The molecule has 1 saturated heterocycles. The van der Waals surface area contributed by atoms with Gasteiger partial charge in [0.25, 0.3) is 0 Å². The van der Waals surface area contributed by atoms with Crippen molar-refractivity contribution in [1.29, 1.82) is 0 Å². The van der Waals surface area contributed by atoms with Crippen LogP contribution in [-0.4, -0.2) is 39.1 Å². The zero-order valence-corrected chi connectivity index (χ0v) is 12.5. The lowest BCUT2D eigenvalue weighted by molar-refractivity contribution is 0.241. The van der Waals surface area contributed by atoms with Crippen molar-refractivity contribution in [3.8, 4) is 5.75 Å². The fourth-order valence-corrected chi connectivity index (χ4v) is 3.74. The molecular formula is C14H18N2O4S. The van der Waals surface area contributed by atoms with Gasteiger partial charge < -0.3 is 15.4 Å². The largest absolute Gasteiger partial charge is 0.497 e. The first-order valence-electron chi connectivity index (χ1n) is 6.56. The normalized spacial score (nSPS) is 20.3. The molecule has 2 N–H and O–H groups in total. The molecule has 6 nitrogen and oxygen atoms in total. The molecule has 0 radical (unpaired) electrons. The highest BCUT2D eigenvalue weighted by molar-refractivity contribution is 7.91. The maximum Gasteiger partial charge on any atom is 0.319 e. The molecule has 0 saturated carbocycles. The highest BCUT2D eigenvalue weighted by Gasteiger charge is 2.28. The average Bonchev–Trinajstić information content (AvgIpc) is 2.78. The van der Waals surface area contributed by atoms with Gasteiger partial charge >= 0.3 is 6.03 Å². The Kier molecular flexibility index (Phi) is 4.85. The second kappa shape index (κ2) is 6.62. The van der Waals surface area contributed by atoms with Gasteiger partial charge in [0.15, 0.2) is 9.84 Å². The maximum atomic E-state index is 11.6. The van der Waals surface area contributed by atoms with Crippen molar-refractivity contribution in [2.45, 2.75) is 12.5 Å². The van der Waals surface area contributed by atoms with Gasteiger partial charge in [0.05, 0.1) is 18.6 Å². The lowest BCUT2D eigenvalue weighted by atomic mass is 10.2. The average molecular weight is 310 g/mol. The monoisotopic (exact) mass is 310 g/mol. The number of hydrogen-bond donors (Lipinski definition) is 2. The molecule has 0 bridgehead atoms. The van der Waals surface area contributed by atoms with Crippen molar-refractivity contribution in [3.63, 3.8) is 0 Å². The van der Waals surface area contributed by atoms with Crippen molar-refractivity contribution in [3.05, 3.63) is 36.0 Å². The molecule has 1 heterocycles. The Morgan fingerprint density at radius 1 is 1.33 bits per heavy atom. The Balaban J connectivity index is 1.79. The standard InChI is InChI=1S/C14H18N2O4S/c1-20-13-4-2-11(3-5-13)6-8-15-14(17)16-12-7-9-21(18,19)10-12/h2-6,8,12H,7,9-10H2,1H3,(H2,15,16,17)/b8-6+. The van der Waals surface area contributed by atoms with E-state index in [1.165, 1.54) is 6.20 Å². The molecule has 0 aliphatic carbocycles. The second-order valence-electron chi connectivity index (χ2n) is 4.82. The molecule has 1 aromatic rings. The third-order valence-electron chi connectivity index (χ3n) is 3.17. The van der Waals surface area contributed by atoms with Gasteiger partial charge in [0.1, 0.15) is 5.75 Å². The quantitative estimate of drug-likeness (QED) is 0.874. The molecule has 7 heteroatoms. The number of amides is 2. The lowest BCUT2D eigenvalue weighted by Crippen LogP contribution is -2.40. The van der Waals surface area contributed by atoms with Crippen LogP contribution in [0.4, 0.5) is 4.79 Å². The Bertz CT molecular complexity index is 623. The third-order valence-corrected chi connectivity index (χ3v) is 4.94. The Morgan fingerprint density at radius 2 is 2.05 bits per heavy atom. The molecule has 2 rings (SSSR count). The van der Waals surface area contributed by atoms with Crippen LogP contribution < -0.4 is 15.4 Å². The summed E-state index contributed by atoms with van der Waals surface area (Å²) in [6.45, 7) is 0. The third kappa shape index (κ3) is 4.78.